The van der Waals surface area contributed by atoms with E-state index in [1.807, 2.05) is 19.1 Å². The van der Waals surface area contributed by atoms with Gasteiger partial charge in [0.05, 0.1) is 0 Å². The lowest BCUT2D eigenvalue weighted by atomic mass is 10.1. The lowest BCUT2D eigenvalue weighted by molar-refractivity contribution is 0.194. The van der Waals surface area contributed by atoms with Gasteiger partial charge in [0, 0.05) is 5.75 Å². The molecule has 0 saturated carbocycles. The summed E-state index contributed by atoms with van der Waals surface area (Å²) in [7, 11) is -3.30. The van der Waals surface area contributed by atoms with Gasteiger partial charge in [0.1, 0.15) is 10.3 Å². The first-order valence-electron chi connectivity index (χ1n) is 4.99. The Morgan fingerprint density at radius 2 is 1.94 bits per heavy atom. The summed E-state index contributed by atoms with van der Waals surface area (Å²) >= 11 is 3.06. The topological polar surface area (TPSA) is 54.4 Å². The van der Waals surface area contributed by atoms with Gasteiger partial charge in [-0.25, -0.2) is 8.42 Å². The van der Waals surface area contributed by atoms with Crippen LogP contribution in [0.15, 0.2) is 24.3 Å². The Kier molecular flexibility index (Phi) is 4.52. The van der Waals surface area contributed by atoms with Gasteiger partial charge in [-0.1, -0.05) is 47.1 Å². The highest BCUT2D eigenvalue weighted by atomic mass is 79.9. The van der Waals surface area contributed by atoms with Crippen LogP contribution in [-0.4, -0.2) is 23.4 Å². The monoisotopic (exact) mass is 306 g/mol. The number of aryl methyl sites for hydroxylation is 1. The van der Waals surface area contributed by atoms with Crippen molar-refractivity contribution in [3.8, 4) is 0 Å². The van der Waals surface area contributed by atoms with Crippen molar-refractivity contribution in [3.63, 3.8) is 0 Å². The maximum atomic E-state index is 11.6. The molecule has 90 valence electrons. The third-order valence-electron chi connectivity index (χ3n) is 2.50. The van der Waals surface area contributed by atoms with Crippen LogP contribution in [-0.2, 0) is 9.84 Å². The van der Waals surface area contributed by atoms with Gasteiger partial charge in [-0.05, 0) is 18.1 Å². The Labute approximate surface area is 105 Å². The molecule has 0 unspecified atom stereocenters. The van der Waals surface area contributed by atoms with Crippen molar-refractivity contribution in [1.29, 1.82) is 0 Å². The Morgan fingerprint density at radius 1 is 1.38 bits per heavy atom. The minimum Gasteiger partial charge on any atom is -0.386 e. The minimum absolute atomic E-state index is 0.00581. The fourth-order valence-corrected chi connectivity index (χ4v) is 3.35. The van der Waals surface area contributed by atoms with Crippen molar-refractivity contribution in [2.75, 3.05) is 5.75 Å². The Hall–Kier alpha value is -0.390. The van der Waals surface area contributed by atoms with Gasteiger partial charge in [0.2, 0.25) is 0 Å². The summed E-state index contributed by atoms with van der Waals surface area (Å²) in [5, 5.41) is 10.0. The molecule has 0 heterocycles. The molecule has 3 nitrogen and oxygen atoms in total. The first-order chi connectivity index (χ1) is 7.40. The average molecular weight is 307 g/mol. The number of aliphatic hydroxyl groups is 1. The smallest absolute Gasteiger partial charge is 0.165 e. The molecule has 1 aromatic rings. The van der Waals surface area contributed by atoms with Gasteiger partial charge in [0.15, 0.2) is 9.84 Å². The molecule has 0 aromatic heterocycles. The van der Waals surface area contributed by atoms with Crippen molar-refractivity contribution in [2.24, 2.45) is 0 Å². The maximum absolute atomic E-state index is 11.6. The molecule has 1 N–H and O–H groups in total. The lowest BCUT2D eigenvalue weighted by Crippen LogP contribution is -2.24. The van der Waals surface area contributed by atoms with Crippen LogP contribution in [0.25, 0.3) is 0 Å². The summed E-state index contributed by atoms with van der Waals surface area (Å²) in [5.41, 5.74) is 1.52. The highest BCUT2D eigenvalue weighted by Crippen LogP contribution is 2.28. The van der Waals surface area contributed by atoms with E-state index in [0.717, 1.165) is 5.56 Å². The molecule has 16 heavy (non-hydrogen) atoms. The van der Waals surface area contributed by atoms with Gasteiger partial charge in [-0.3, -0.25) is 0 Å². The molecule has 0 fully saturated rings. The summed E-state index contributed by atoms with van der Waals surface area (Å²) in [6.45, 7) is 3.41. The van der Waals surface area contributed by atoms with Crippen LogP contribution >= 0.6 is 15.9 Å². The zero-order valence-corrected chi connectivity index (χ0v) is 11.6. The van der Waals surface area contributed by atoms with Gasteiger partial charge in [-0.15, -0.1) is 0 Å². The second-order valence-electron chi connectivity index (χ2n) is 3.60. The Bertz CT molecular complexity index is 456. The number of hydrogen-bond acceptors (Lipinski definition) is 3. The molecular weight excluding hydrogens is 292 g/mol. The molecular formula is C11H15BrO3S. The van der Waals surface area contributed by atoms with Crippen LogP contribution in [0.1, 0.15) is 24.2 Å². The molecule has 0 aliphatic heterocycles. The predicted octanol–water partition coefficient (Wildman–Crippen LogP) is 2.18. The Morgan fingerprint density at radius 3 is 2.44 bits per heavy atom. The molecule has 0 saturated heterocycles. The number of rotatable bonds is 4. The van der Waals surface area contributed by atoms with Crippen molar-refractivity contribution < 1.29 is 13.5 Å². The number of benzene rings is 1. The highest BCUT2D eigenvalue weighted by molar-refractivity contribution is 9.11. The van der Waals surface area contributed by atoms with Crippen molar-refractivity contribution in [1.82, 2.24) is 0 Å². The van der Waals surface area contributed by atoms with E-state index < -0.39 is 20.1 Å². The molecule has 0 bridgehead atoms. The second-order valence-corrected chi connectivity index (χ2v) is 7.61. The van der Waals surface area contributed by atoms with Gasteiger partial charge in [-0.2, -0.15) is 0 Å². The first-order valence-corrected chi connectivity index (χ1v) is 7.62. The van der Waals surface area contributed by atoms with E-state index in [1.165, 1.54) is 0 Å². The second kappa shape index (κ2) is 5.29. The maximum Gasteiger partial charge on any atom is 0.165 e. The fourth-order valence-electron chi connectivity index (χ4n) is 1.42. The summed E-state index contributed by atoms with van der Waals surface area (Å²) in [5.74, 6) is 0.00581. The van der Waals surface area contributed by atoms with E-state index in [1.54, 1.807) is 19.1 Å². The van der Waals surface area contributed by atoms with Crippen LogP contribution in [0.5, 0.6) is 0 Å². The summed E-state index contributed by atoms with van der Waals surface area (Å²) < 4.78 is 22.3. The van der Waals surface area contributed by atoms with Crippen LogP contribution in [0.3, 0.4) is 0 Å². The Balaban J connectivity index is 3.04. The zero-order valence-electron chi connectivity index (χ0n) is 9.22. The molecule has 0 amide bonds. The van der Waals surface area contributed by atoms with Gasteiger partial charge < -0.3 is 5.11 Å². The molecule has 0 aliphatic rings. The van der Waals surface area contributed by atoms with Crippen LogP contribution in [0.2, 0.25) is 0 Å². The number of alkyl halides is 1. The summed E-state index contributed by atoms with van der Waals surface area (Å²) in [4.78, 5) is 0. The van der Waals surface area contributed by atoms with Crippen LogP contribution < -0.4 is 0 Å². The van der Waals surface area contributed by atoms with E-state index in [2.05, 4.69) is 15.9 Å². The molecule has 2 atom stereocenters. The van der Waals surface area contributed by atoms with Crippen molar-refractivity contribution in [2.45, 2.75) is 24.1 Å². The van der Waals surface area contributed by atoms with Gasteiger partial charge >= 0.3 is 0 Å². The van der Waals surface area contributed by atoms with E-state index in [4.69, 9.17) is 0 Å². The molecule has 0 spiro atoms. The fraction of sp³-hybridized carbons (Fsp3) is 0.455. The first kappa shape index (κ1) is 13.7. The van der Waals surface area contributed by atoms with E-state index in [9.17, 15) is 13.5 Å². The third kappa shape index (κ3) is 2.84. The van der Waals surface area contributed by atoms with Gasteiger partial charge in [0.25, 0.3) is 0 Å². The van der Waals surface area contributed by atoms with Crippen LogP contribution in [0, 0.1) is 6.92 Å². The normalized spacial score (nSPS) is 15.8. The summed E-state index contributed by atoms with van der Waals surface area (Å²) in [6, 6.07) is 7.21. The number of halogens is 1. The number of sulfone groups is 1. The molecule has 5 heteroatoms. The summed E-state index contributed by atoms with van der Waals surface area (Å²) in [6.07, 6.45) is -1.04. The molecule has 0 radical (unpaired) electrons. The van der Waals surface area contributed by atoms with E-state index in [0.29, 0.717) is 5.56 Å². The number of hydrogen-bond donors (Lipinski definition) is 1. The largest absolute Gasteiger partial charge is 0.386 e. The zero-order chi connectivity index (χ0) is 12.3. The van der Waals surface area contributed by atoms with E-state index >= 15 is 0 Å². The van der Waals surface area contributed by atoms with E-state index in [-0.39, 0.29) is 5.75 Å². The molecule has 1 aromatic carbocycles. The van der Waals surface area contributed by atoms with Crippen LogP contribution in [0.4, 0.5) is 0 Å². The predicted molar refractivity (Wildman–Crippen MR) is 68.3 cm³/mol. The van der Waals surface area contributed by atoms with Crippen molar-refractivity contribution >= 4 is 25.8 Å². The highest BCUT2D eigenvalue weighted by Gasteiger charge is 2.30. The standard InChI is InChI=1S/C11H15BrO3S/c1-3-16(14,15)11(12)10(13)9-7-5-4-6-8(9)2/h4-7,10-11,13H,3H2,1-2H3/t10-,11+/m1/s1. The lowest BCUT2D eigenvalue weighted by Gasteiger charge is -2.19. The molecule has 0 aliphatic carbocycles. The third-order valence-corrected chi connectivity index (χ3v) is 6.46. The molecule has 1 rings (SSSR count). The van der Waals surface area contributed by atoms with Crippen molar-refractivity contribution in [3.05, 3.63) is 35.4 Å². The SMILES string of the molecule is CCS(=O)(=O)[C@H](Br)[C@H](O)c1ccccc1C. The minimum atomic E-state index is -3.30. The quantitative estimate of drug-likeness (QED) is 0.868. The number of aliphatic hydroxyl groups excluding tert-OH is 1. The average Bonchev–Trinajstić information content (AvgIpc) is 2.27.